The van der Waals surface area contributed by atoms with E-state index in [4.69, 9.17) is 0 Å². The lowest BCUT2D eigenvalue weighted by atomic mass is 10.2. The number of rotatable bonds is 5. The summed E-state index contributed by atoms with van der Waals surface area (Å²) in [6, 6.07) is 0. The fourth-order valence-electron chi connectivity index (χ4n) is 1.21. The smallest absolute Gasteiger partial charge is 0.239 e. The first-order valence-corrected chi connectivity index (χ1v) is 8.28. The zero-order valence-corrected chi connectivity index (χ0v) is 12.6. The SMILES string of the molecule is CCCCCCP(=O)([O-])[O-].c1c[nH+]c[nH]1.c1c[nH+]c[nH]1. The number of H-pyrrole nitrogens is 4. The third-order valence-electron chi connectivity index (χ3n) is 2.17. The molecule has 4 N–H and O–H groups in total. The van der Waals surface area contributed by atoms with Gasteiger partial charge < -0.3 is 14.4 Å². The highest BCUT2D eigenvalue weighted by molar-refractivity contribution is 7.48. The van der Waals surface area contributed by atoms with E-state index in [-0.39, 0.29) is 6.16 Å². The average Bonchev–Trinajstić information content (AvgIpc) is 3.09. The van der Waals surface area contributed by atoms with Crippen molar-refractivity contribution in [3.05, 3.63) is 37.4 Å². The first-order chi connectivity index (χ1) is 9.56. The Bertz CT molecular complexity index is 353. The Hall–Kier alpha value is -1.43. The number of nitrogens with one attached hydrogen (secondary N) is 4. The van der Waals surface area contributed by atoms with Crippen molar-refractivity contribution in [1.29, 1.82) is 0 Å². The lowest BCUT2D eigenvalue weighted by Gasteiger charge is -2.29. The van der Waals surface area contributed by atoms with Crippen molar-refractivity contribution in [1.82, 2.24) is 9.97 Å². The van der Waals surface area contributed by atoms with Crippen LogP contribution in [0, 0.1) is 0 Å². The minimum Gasteiger partial charge on any atom is -0.811 e. The van der Waals surface area contributed by atoms with Crippen molar-refractivity contribution in [2.45, 2.75) is 32.6 Å². The maximum Gasteiger partial charge on any atom is 0.239 e. The number of hydrogen-bond donors (Lipinski definition) is 2. The minimum atomic E-state index is -4.21. The van der Waals surface area contributed by atoms with Crippen molar-refractivity contribution >= 4 is 7.60 Å². The van der Waals surface area contributed by atoms with Crippen LogP contribution in [0.25, 0.3) is 0 Å². The van der Waals surface area contributed by atoms with Crippen molar-refractivity contribution < 1.29 is 24.3 Å². The molecule has 0 atom stereocenters. The Labute approximate surface area is 119 Å². The monoisotopic (exact) mass is 302 g/mol. The standard InChI is InChI=1S/C6H15O3P.2C3H4N2/c1-2-3-4-5-6-10(7,8)9;2*1-2-5-3-4-1/h2-6H2,1H3,(H2,7,8,9);2*1-3H,(H,4,5). The third-order valence-corrected chi connectivity index (χ3v) is 3.03. The molecule has 2 aromatic rings. The number of imidazole rings is 2. The van der Waals surface area contributed by atoms with E-state index in [9.17, 15) is 14.4 Å². The van der Waals surface area contributed by atoms with Crippen molar-refractivity contribution in [3.8, 4) is 0 Å². The Kier molecular flexibility index (Phi) is 11.7. The zero-order valence-electron chi connectivity index (χ0n) is 11.7. The maximum atomic E-state index is 10.1. The molecule has 0 fully saturated rings. The van der Waals surface area contributed by atoms with Gasteiger partial charge in [-0.05, 0) is 12.6 Å². The molecule has 114 valence electrons. The molecule has 0 saturated carbocycles. The third kappa shape index (κ3) is 16.6. The van der Waals surface area contributed by atoms with Gasteiger partial charge in [0.1, 0.15) is 24.8 Å². The molecule has 20 heavy (non-hydrogen) atoms. The Morgan fingerprint density at radius 1 is 1.00 bits per heavy atom. The molecule has 7 nitrogen and oxygen atoms in total. The molecule has 0 bridgehead atoms. The quantitative estimate of drug-likeness (QED) is 0.603. The molecule has 0 aromatic carbocycles. The van der Waals surface area contributed by atoms with Crippen molar-refractivity contribution in [3.63, 3.8) is 0 Å². The fraction of sp³-hybridized carbons (Fsp3) is 0.500. The molecule has 0 saturated heterocycles. The molecule has 0 amide bonds. The topological polar surface area (TPSA) is 123 Å². The lowest BCUT2D eigenvalue weighted by molar-refractivity contribution is -0.376. The maximum absolute atomic E-state index is 10.1. The van der Waals surface area contributed by atoms with Gasteiger partial charge in [0.2, 0.25) is 12.7 Å². The average molecular weight is 302 g/mol. The van der Waals surface area contributed by atoms with Gasteiger partial charge in [0.25, 0.3) is 0 Å². The summed E-state index contributed by atoms with van der Waals surface area (Å²) in [5.74, 6) is 0. The van der Waals surface area contributed by atoms with Crippen molar-refractivity contribution in [2.24, 2.45) is 0 Å². The van der Waals surface area contributed by atoms with Crippen LogP contribution in [0.15, 0.2) is 37.4 Å². The van der Waals surface area contributed by atoms with Gasteiger partial charge in [-0.15, -0.1) is 0 Å². The largest absolute Gasteiger partial charge is 0.811 e. The van der Waals surface area contributed by atoms with E-state index < -0.39 is 7.60 Å². The van der Waals surface area contributed by atoms with E-state index >= 15 is 0 Å². The molecular weight excluding hydrogens is 279 g/mol. The Balaban J connectivity index is 0.000000298. The van der Waals surface area contributed by atoms with Gasteiger partial charge in [-0.1, -0.05) is 33.8 Å². The second-order valence-corrected chi connectivity index (χ2v) is 5.69. The van der Waals surface area contributed by atoms with Gasteiger partial charge in [-0.2, -0.15) is 0 Å². The zero-order chi connectivity index (χ0) is 15.1. The highest BCUT2D eigenvalue weighted by Crippen LogP contribution is 2.24. The summed E-state index contributed by atoms with van der Waals surface area (Å²) in [7, 11) is -4.21. The molecule has 2 heterocycles. The summed E-state index contributed by atoms with van der Waals surface area (Å²) in [5, 5.41) is 0. The molecule has 0 radical (unpaired) electrons. The highest BCUT2D eigenvalue weighted by Gasteiger charge is 1.90. The summed E-state index contributed by atoms with van der Waals surface area (Å²) < 4.78 is 10.1. The van der Waals surface area contributed by atoms with Gasteiger partial charge in [0.05, 0.1) is 0 Å². The first-order valence-electron chi connectivity index (χ1n) is 6.55. The molecular formula is C12H23N4O3P. The number of unbranched alkanes of at least 4 members (excludes halogenated alkanes) is 3. The van der Waals surface area contributed by atoms with Crippen LogP contribution in [-0.4, -0.2) is 16.1 Å². The molecule has 2 aromatic heterocycles. The predicted molar refractivity (Wildman–Crippen MR) is 71.3 cm³/mol. The van der Waals surface area contributed by atoms with Crippen molar-refractivity contribution in [2.75, 3.05) is 6.16 Å². The number of hydrogen-bond acceptors (Lipinski definition) is 3. The van der Waals surface area contributed by atoms with Crippen LogP contribution in [0.5, 0.6) is 0 Å². The molecule has 2 rings (SSSR count). The van der Waals surface area contributed by atoms with Gasteiger partial charge in [0.15, 0.2) is 0 Å². The fourth-order valence-corrected chi connectivity index (χ4v) is 1.82. The lowest BCUT2D eigenvalue weighted by Crippen LogP contribution is -2.16. The minimum absolute atomic E-state index is 0.174. The van der Waals surface area contributed by atoms with Gasteiger partial charge in [0, 0.05) is 0 Å². The molecule has 0 aliphatic carbocycles. The summed E-state index contributed by atoms with van der Waals surface area (Å²) in [6.07, 6.45) is 14.1. The van der Waals surface area contributed by atoms with Gasteiger partial charge in [-0.25, -0.2) is 0 Å². The van der Waals surface area contributed by atoms with Crippen LogP contribution in [-0.2, 0) is 4.57 Å². The highest BCUT2D eigenvalue weighted by atomic mass is 31.2. The summed E-state index contributed by atoms with van der Waals surface area (Å²) in [4.78, 5) is 31.4. The van der Waals surface area contributed by atoms with Crippen LogP contribution in [0.1, 0.15) is 32.6 Å². The second kappa shape index (κ2) is 12.6. The van der Waals surface area contributed by atoms with E-state index in [0.29, 0.717) is 6.42 Å². The van der Waals surface area contributed by atoms with Gasteiger partial charge in [-0.3, -0.25) is 19.9 Å². The van der Waals surface area contributed by atoms with Gasteiger partial charge >= 0.3 is 0 Å². The predicted octanol–water partition coefficient (Wildman–Crippen LogP) is 0.138. The van der Waals surface area contributed by atoms with Crippen LogP contribution in [0.4, 0.5) is 0 Å². The second-order valence-electron chi connectivity index (χ2n) is 4.02. The Morgan fingerprint density at radius 3 is 1.80 bits per heavy atom. The normalized spacial score (nSPS) is 9.95. The summed E-state index contributed by atoms with van der Waals surface area (Å²) in [5.41, 5.74) is 0. The molecule has 0 spiro atoms. The summed E-state index contributed by atoms with van der Waals surface area (Å²) >= 11 is 0. The summed E-state index contributed by atoms with van der Waals surface area (Å²) in [6.45, 7) is 2.04. The Morgan fingerprint density at radius 2 is 1.55 bits per heavy atom. The van der Waals surface area contributed by atoms with E-state index in [1.807, 2.05) is 31.7 Å². The molecule has 0 aliphatic rings. The molecule has 0 unspecified atom stereocenters. The van der Waals surface area contributed by atoms with Crippen LogP contribution < -0.4 is 19.8 Å². The van der Waals surface area contributed by atoms with Crippen LogP contribution in [0.3, 0.4) is 0 Å². The van der Waals surface area contributed by atoms with E-state index in [1.54, 1.807) is 12.7 Å². The van der Waals surface area contributed by atoms with Crippen LogP contribution >= 0.6 is 7.60 Å². The molecule has 8 heteroatoms. The number of aromatic nitrogens is 4. The molecule has 0 aliphatic heterocycles. The van der Waals surface area contributed by atoms with E-state index in [0.717, 1.165) is 19.3 Å². The van der Waals surface area contributed by atoms with Crippen LogP contribution in [0.2, 0.25) is 0 Å². The first kappa shape index (κ1) is 18.6. The van der Waals surface area contributed by atoms with E-state index in [2.05, 4.69) is 19.9 Å². The van der Waals surface area contributed by atoms with E-state index in [1.165, 1.54) is 0 Å². The number of aromatic amines is 4.